The summed E-state index contributed by atoms with van der Waals surface area (Å²) in [4.78, 5) is 6.44. The summed E-state index contributed by atoms with van der Waals surface area (Å²) in [6.45, 7) is 1.48. The fourth-order valence-electron chi connectivity index (χ4n) is 2.21. The van der Waals surface area contributed by atoms with Gasteiger partial charge in [-0.15, -0.1) is 0 Å². The van der Waals surface area contributed by atoms with E-state index in [1.165, 1.54) is 12.8 Å². The van der Waals surface area contributed by atoms with Gasteiger partial charge < -0.3 is 10.0 Å². The van der Waals surface area contributed by atoms with Gasteiger partial charge in [0.25, 0.3) is 0 Å². The maximum atomic E-state index is 10.2. The number of rotatable bonds is 2. The van der Waals surface area contributed by atoms with Crippen LogP contribution < -0.4 is 4.90 Å². The third-order valence-corrected chi connectivity index (χ3v) is 3.77. The van der Waals surface area contributed by atoms with Gasteiger partial charge in [0.2, 0.25) is 0 Å². The van der Waals surface area contributed by atoms with Gasteiger partial charge in [0.05, 0.1) is 13.1 Å². The first-order chi connectivity index (χ1) is 7.17. The summed E-state index contributed by atoms with van der Waals surface area (Å²) in [6.07, 6.45) is 4.18. The molecule has 0 bridgehead atoms. The summed E-state index contributed by atoms with van der Waals surface area (Å²) < 4.78 is 0.990. The number of β-amino-alcohol motifs (C(OH)–C–C–N with tert-alkyl or cyclic N) is 1. The lowest BCUT2D eigenvalue weighted by Gasteiger charge is -2.47. The molecule has 15 heavy (non-hydrogen) atoms. The van der Waals surface area contributed by atoms with Crippen molar-refractivity contribution in [2.75, 3.05) is 18.0 Å². The molecular weight excluding hydrogens is 256 g/mol. The molecule has 80 valence electrons. The van der Waals surface area contributed by atoms with Crippen LogP contribution >= 0.6 is 15.9 Å². The van der Waals surface area contributed by atoms with Crippen molar-refractivity contribution >= 4 is 21.7 Å². The van der Waals surface area contributed by atoms with E-state index in [4.69, 9.17) is 0 Å². The molecule has 3 nitrogen and oxygen atoms in total. The van der Waals surface area contributed by atoms with Crippen LogP contribution in [-0.4, -0.2) is 28.8 Å². The Bertz CT molecular complexity index is 369. The van der Waals surface area contributed by atoms with Gasteiger partial charge >= 0.3 is 0 Å². The first-order valence-corrected chi connectivity index (χ1v) is 6.06. The summed E-state index contributed by atoms with van der Waals surface area (Å²) in [5.74, 6) is 1.51. The van der Waals surface area contributed by atoms with E-state index in [0.717, 1.165) is 23.4 Å². The maximum Gasteiger partial charge on any atom is 0.128 e. The minimum absolute atomic E-state index is 0.422. The Morgan fingerprint density at radius 3 is 2.67 bits per heavy atom. The van der Waals surface area contributed by atoms with Gasteiger partial charge in [-0.05, 0) is 46.8 Å². The van der Waals surface area contributed by atoms with Crippen LogP contribution in [0.15, 0.2) is 22.8 Å². The topological polar surface area (TPSA) is 36.4 Å². The molecule has 2 aliphatic rings. The normalized spacial score (nSPS) is 23.7. The molecular formula is C11H13BrN2O. The Morgan fingerprint density at radius 2 is 2.13 bits per heavy atom. The van der Waals surface area contributed by atoms with E-state index in [-0.39, 0.29) is 0 Å². The second-order valence-electron chi connectivity index (χ2n) is 4.57. The third kappa shape index (κ3) is 1.66. The van der Waals surface area contributed by atoms with Crippen molar-refractivity contribution in [2.45, 2.75) is 18.4 Å². The SMILES string of the molecule is OC1(C2CC2)CN(c2ccc(Br)cn2)C1. The Hall–Kier alpha value is -0.610. The molecule has 0 aromatic carbocycles. The van der Waals surface area contributed by atoms with Crippen molar-refractivity contribution < 1.29 is 5.11 Å². The maximum absolute atomic E-state index is 10.2. The van der Waals surface area contributed by atoms with Gasteiger partial charge in [-0.1, -0.05) is 0 Å². The minimum Gasteiger partial charge on any atom is -0.386 e. The van der Waals surface area contributed by atoms with Crippen LogP contribution in [0.4, 0.5) is 5.82 Å². The van der Waals surface area contributed by atoms with Gasteiger partial charge in [0.1, 0.15) is 11.4 Å². The molecule has 4 heteroatoms. The van der Waals surface area contributed by atoms with Crippen molar-refractivity contribution in [3.8, 4) is 0 Å². The molecule has 1 N–H and O–H groups in total. The molecule has 0 atom stereocenters. The lowest BCUT2D eigenvalue weighted by Crippen LogP contribution is -2.63. The van der Waals surface area contributed by atoms with Crippen molar-refractivity contribution in [3.63, 3.8) is 0 Å². The van der Waals surface area contributed by atoms with Crippen molar-refractivity contribution in [1.82, 2.24) is 4.98 Å². The van der Waals surface area contributed by atoms with E-state index in [1.807, 2.05) is 12.1 Å². The molecule has 2 fully saturated rings. The zero-order chi connectivity index (χ0) is 10.5. The number of halogens is 1. The number of hydrogen-bond acceptors (Lipinski definition) is 3. The largest absolute Gasteiger partial charge is 0.386 e. The molecule has 0 spiro atoms. The standard InChI is InChI=1S/C11H13BrN2O/c12-9-3-4-10(13-5-9)14-6-11(15,7-14)8-1-2-8/h3-5,8,15H,1-2,6-7H2. The van der Waals surface area contributed by atoms with E-state index in [1.54, 1.807) is 6.20 Å². The summed E-state index contributed by atoms with van der Waals surface area (Å²) >= 11 is 3.36. The summed E-state index contributed by atoms with van der Waals surface area (Å²) in [7, 11) is 0. The lowest BCUT2D eigenvalue weighted by atomic mass is 9.89. The number of hydrogen-bond donors (Lipinski definition) is 1. The number of aromatic nitrogens is 1. The van der Waals surface area contributed by atoms with Crippen LogP contribution in [0, 0.1) is 5.92 Å². The molecule has 0 amide bonds. The summed E-state index contributed by atoms with van der Waals surface area (Å²) in [6, 6.07) is 3.97. The van der Waals surface area contributed by atoms with E-state index in [0.29, 0.717) is 5.92 Å². The van der Waals surface area contributed by atoms with Crippen LogP contribution in [0.25, 0.3) is 0 Å². The Balaban J connectivity index is 1.69. The van der Waals surface area contributed by atoms with Crippen molar-refractivity contribution in [3.05, 3.63) is 22.8 Å². The van der Waals surface area contributed by atoms with E-state index in [2.05, 4.69) is 25.8 Å². The lowest BCUT2D eigenvalue weighted by molar-refractivity contribution is -0.00973. The summed E-state index contributed by atoms with van der Waals surface area (Å²) in [5, 5.41) is 10.2. The highest BCUT2D eigenvalue weighted by atomic mass is 79.9. The Labute approximate surface area is 97.3 Å². The minimum atomic E-state index is -0.422. The van der Waals surface area contributed by atoms with Crippen LogP contribution in [-0.2, 0) is 0 Å². The number of anilines is 1. The molecule has 2 heterocycles. The molecule has 1 aromatic heterocycles. The molecule has 1 saturated heterocycles. The fraction of sp³-hybridized carbons (Fsp3) is 0.545. The van der Waals surface area contributed by atoms with Gasteiger partial charge in [0, 0.05) is 10.7 Å². The molecule has 1 saturated carbocycles. The second-order valence-corrected chi connectivity index (χ2v) is 5.48. The van der Waals surface area contributed by atoms with Gasteiger partial charge in [-0.3, -0.25) is 0 Å². The van der Waals surface area contributed by atoms with Crippen molar-refractivity contribution in [1.29, 1.82) is 0 Å². The van der Waals surface area contributed by atoms with Crippen LogP contribution in [0.2, 0.25) is 0 Å². The molecule has 0 radical (unpaired) electrons. The average molecular weight is 269 g/mol. The van der Waals surface area contributed by atoms with E-state index < -0.39 is 5.60 Å². The fourth-order valence-corrected chi connectivity index (χ4v) is 2.45. The Morgan fingerprint density at radius 1 is 1.40 bits per heavy atom. The monoisotopic (exact) mass is 268 g/mol. The number of aliphatic hydroxyl groups is 1. The van der Waals surface area contributed by atoms with Crippen LogP contribution in [0.3, 0.4) is 0 Å². The first-order valence-electron chi connectivity index (χ1n) is 5.26. The predicted octanol–water partition coefficient (Wildman–Crippen LogP) is 1.81. The highest BCUT2D eigenvalue weighted by molar-refractivity contribution is 9.10. The molecule has 1 aliphatic carbocycles. The highest BCUT2D eigenvalue weighted by Gasteiger charge is 2.52. The first kappa shape index (κ1) is 9.60. The Kier molecular flexibility index (Phi) is 2.04. The molecule has 0 unspecified atom stereocenters. The molecule has 1 aliphatic heterocycles. The quantitative estimate of drug-likeness (QED) is 0.889. The number of nitrogens with zero attached hydrogens (tertiary/aromatic N) is 2. The van der Waals surface area contributed by atoms with Crippen LogP contribution in [0.5, 0.6) is 0 Å². The van der Waals surface area contributed by atoms with Gasteiger partial charge in [-0.25, -0.2) is 4.98 Å². The van der Waals surface area contributed by atoms with Crippen molar-refractivity contribution in [2.24, 2.45) is 5.92 Å². The number of pyridine rings is 1. The van der Waals surface area contributed by atoms with E-state index in [9.17, 15) is 5.11 Å². The van der Waals surface area contributed by atoms with Crippen LogP contribution in [0.1, 0.15) is 12.8 Å². The summed E-state index contributed by atoms with van der Waals surface area (Å²) in [5.41, 5.74) is -0.422. The third-order valence-electron chi connectivity index (χ3n) is 3.30. The smallest absolute Gasteiger partial charge is 0.128 e. The average Bonchev–Trinajstić information content (AvgIpc) is 2.98. The van der Waals surface area contributed by atoms with Gasteiger partial charge in [0.15, 0.2) is 0 Å². The molecule has 1 aromatic rings. The highest BCUT2D eigenvalue weighted by Crippen LogP contribution is 2.45. The second kappa shape index (κ2) is 3.19. The zero-order valence-electron chi connectivity index (χ0n) is 8.36. The zero-order valence-corrected chi connectivity index (χ0v) is 9.94. The van der Waals surface area contributed by atoms with E-state index >= 15 is 0 Å². The molecule has 3 rings (SSSR count). The predicted molar refractivity (Wildman–Crippen MR) is 61.8 cm³/mol. The van der Waals surface area contributed by atoms with Gasteiger partial charge in [-0.2, -0.15) is 0 Å².